The van der Waals surface area contributed by atoms with Gasteiger partial charge in [0.05, 0.1) is 17.8 Å². The molecule has 2 aliphatic heterocycles. The van der Waals surface area contributed by atoms with Gasteiger partial charge in [-0.25, -0.2) is 9.67 Å². The van der Waals surface area contributed by atoms with Crippen molar-refractivity contribution in [2.24, 2.45) is 5.92 Å². The number of rotatable bonds is 5. The van der Waals surface area contributed by atoms with Crippen LogP contribution in [0.4, 0.5) is 11.6 Å². The second-order valence-electron chi connectivity index (χ2n) is 9.11. The first-order valence-corrected chi connectivity index (χ1v) is 12.4. The Hall–Kier alpha value is -2.64. The molecule has 4 heterocycles. The van der Waals surface area contributed by atoms with Gasteiger partial charge in [0.1, 0.15) is 5.82 Å². The van der Waals surface area contributed by atoms with E-state index in [1.807, 2.05) is 28.9 Å². The van der Waals surface area contributed by atoms with E-state index >= 15 is 0 Å². The number of nitrogens with zero attached hydrogens (tertiary/aromatic N) is 4. The minimum Gasteiger partial charge on any atom is -0.357 e. The zero-order chi connectivity index (χ0) is 22.6. The van der Waals surface area contributed by atoms with Crippen LogP contribution in [0.3, 0.4) is 0 Å². The van der Waals surface area contributed by atoms with E-state index in [1.54, 1.807) is 0 Å². The Labute approximate surface area is 199 Å². The van der Waals surface area contributed by atoms with E-state index in [0.717, 1.165) is 54.9 Å². The fraction of sp³-hybridized carbons (Fsp3) is 0.480. The molecule has 8 heteroatoms. The molecule has 7 nitrogen and oxygen atoms in total. The first kappa shape index (κ1) is 22.2. The molecule has 2 N–H and O–H groups in total. The molecule has 2 fully saturated rings. The van der Waals surface area contributed by atoms with E-state index < -0.39 is 0 Å². The van der Waals surface area contributed by atoms with Crippen LogP contribution >= 0.6 is 11.6 Å². The summed E-state index contributed by atoms with van der Waals surface area (Å²) in [6.45, 7) is 4.31. The van der Waals surface area contributed by atoms with Crippen LogP contribution in [-0.4, -0.2) is 46.9 Å². The Morgan fingerprint density at radius 3 is 2.58 bits per heavy atom. The first-order chi connectivity index (χ1) is 16.2. The summed E-state index contributed by atoms with van der Waals surface area (Å²) in [6, 6.07) is 11.9. The first-order valence-electron chi connectivity index (χ1n) is 12.1. The third-order valence-electron chi connectivity index (χ3n) is 6.67. The van der Waals surface area contributed by atoms with Gasteiger partial charge in [-0.15, -0.1) is 0 Å². The van der Waals surface area contributed by atoms with Crippen LogP contribution in [0.5, 0.6) is 0 Å². The summed E-state index contributed by atoms with van der Waals surface area (Å²) in [6.07, 6.45) is 6.87. The molecule has 0 bridgehead atoms. The second-order valence-corrected chi connectivity index (χ2v) is 9.54. The van der Waals surface area contributed by atoms with E-state index in [-0.39, 0.29) is 11.8 Å². The van der Waals surface area contributed by atoms with Crippen LogP contribution < -0.4 is 15.5 Å². The lowest BCUT2D eigenvalue weighted by Gasteiger charge is -2.21. The number of aromatic nitrogens is 3. The fourth-order valence-electron chi connectivity index (χ4n) is 4.78. The number of nitrogens with one attached hydrogen (secondary N) is 2. The Kier molecular flexibility index (Phi) is 6.78. The summed E-state index contributed by atoms with van der Waals surface area (Å²) in [5, 5.41) is 12.8. The van der Waals surface area contributed by atoms with Crippen molar-refractivity contribution in [1.29, 1.82) is 0 Å². The Morgan fingerprint density at radius 2 is 1.85 bits per heavy atom. The number of hydrogen-bond acceptors (Lipinski definition) is 5. The van der Waals surface area contributed by atoms with Gasteiger partial charge < -0.3 is 15.5 Å². The number of carbonyl (C=O) groups is 1. The maximum Gasteiger partial charge on any atom is 0.229 e. The van der Waals surface area contributed by atoms with E-state index in [9.17, 15) is 4.79 Å². The zero-order valence-electron chi connectivity index (χ0n) is 18.9. The lowest BCUT2D eigenvalue weighted by Crippen LogP contribution is -2.37. The fourth-order valence-corrected chi connectivity index (χ4v) is 4.90. The molecule has 2 aromatic heterocycles. The van der Waals surface area contributed by atoms with Gasteiger partial charge in [-0.3, -0.25) is 4.79 Å². The van der Waals surface area contributed by atoms with Gasteiger partial charge in [0.2, 0.25) is 5.91 Å². The van der Waals surface area contributed by atoms with Crippen molar-refractivity contribution >= 4 is 40.2 Å². The van der Waals surface area contributed by atoms with Gasteiger partial charge in [-0.05, 0) is 62.1 Å². The predicted molar refractivity (Wildman–Crippen MR) is 133 cm³/mol. The Morgan fingerprint density at radius 1 is 1.06 bits per heavy atom. The van der Waals surface area contributed by atoms with Gasteiger partial charge in [-0.2, -0.15) is 5.10 Å². The maximum absolute atomic E-state index is 12.9. The van der Waals surface area contributed by atoms with Crippen molar-refractivity contribution in [3.05, 3.63) is 47.0 Å². The summed E-state index contributed by atoms with van der Waals surface area (Å²) in [4.78, 5) is 20.3. The monoisotopic (exact) mass is 466 g/mol. The minimum absolute atomic E-state index is 0.0248. The van der Waals surface area contributed by atoms with E-state index in [4.69, 9.17) is 21.7 Å². The molecule has 0 radical (unpaired) electrons. The number of halogens is 1. The van der Waals surface area contributed by atoms with Crippen molar-refractivity contribution in [3.63, 3.8) is 0 Å². The lowest BCUT2D eigenvalue weighted by atomic mass is 9.99. The molecule has 0 spiro atoms. The molecule has 0 saturated carbocycles. The lowest BCUT2D eigenvalue weighted by molar-refractivity contribution is -0.120. The van der Waals surface area contributed by atoms with Crippen molar-refractivity contribution < 1.29 is 4.79 Å². The normalized spacial score (nSPS) is 19.4. The Balaban J connectivity index is 1.48. The summed E-state index contributed by atoms with van der Waals surface area (Å²) in [5.41, 5.74) is 1.88. The molecule has 2 aliphatic rings. The molecule has 1 amide bonds. The molecule has 1 aromatic carbocycles. The van der Waals surface area contributed by atoms with Crippen molar-refractivity contribution in [2.45, 2.75) is 45.1 Å². The van der Waals surface area contributed by atoms with Crippen molar-refractivity contribution in [3.8, 4) is 0 Å². The van der Waals surface area contributed by atoms with Crippen LogP contribution in [0.2, 0.25) is 5.02 Å². The minimum atomic E-state index is -0.0282. The number of amides is 1. The topological polar surface area (TPSA) is 75.1 Å². The molecule has 5 rings (SSSR count). The average molecular weight is 467 g/mol. The molecule has 1 atom stereocenters. The van der Waals surface area contributed by atoms with Gasteiger partial charge >= 0.3 is 0 Å². The molecular weight excluding hydrogens is 436 g/mol. The second kappa shape index (κ2) is 10.1. The highest BCUT2D eigenvalue weighted by atomic mass is 35.5. The van der Waals surface area contributed by atoms with Gasteiger partial charge in [0.15, 0.2) is 11.5 Å². The zero-order valence-corrected chi connectivity index (χ0v) is 19.7. The summed E-state index contributed by atoms with van der Waals surface area (Å²) in [5.74, 6) is 1.57. The SMILES string of the molecule is O=C(Nc1nn(Cc2ccc(Cl)cc2)c2nc(N3CCCCCC3)ccc12)C1CCCNC1. The van der Waals surface area contributed by atoms with Gasteiger partial charge in [0, 0.05) is 24.7 Å². The molecule has 1 unspecified atom stereocenters. The molecular formula is C25H31ClN6O. The van der Waals surface area contributed by atoms with Crippen molar-refractivity contribution in [2.75, 3.05) is 36.4 Å². The number of carbonyl (C=O) groups excluding carboxylic acids is 1. The smallest absolute Gasteiger partial charge is 0.229 e. The van der Waals surface area contributed by atoms with Crippen LogP contribution in [-0.2, 0) is 11.3 Å². The standard InChI is InChI=1S/C25H31ClN6O/c26-20-9-7-18(8-10-20)17-32-24-21(11-12-22(28-24)31-14-3-1-2-4-15-31)23(30-32)29-25(33)19-6-5-13-27-16-19/h7-12,19,27H,1-6,13-17H2,(H,29,30,33). The van der Waals surface area contributed by atoms with Crippen LogP contribution in [0.25, 0.3) is 11.0 Å². The molecule has 0 aliphatic carbocycles. The van der Waals surface area contributed by atoms with Gasteiger partial charge in [0.25, 0.3) is 0 Å². The quantitative estimate of drug-likeness (QED) is 0.581. The number of pyridine rings is 1. The summed E-state index contributed by atoms with van der Waals surface area (Å²) in [7, 11) is 0. The highest BCUT2D eigenvalue weighted by Crippen LogP contribution is 2.27. The molecule has 3 aromatic rings. The van der Waals surface area contributed by atoms with Gasteiger partial charge in [-0.1, -0.05) is 36.6 Å². The van der Waals surface area contributed by atoms with Crippen molar-refractivity contribution in [1.82, 2.24) is 20.1 Å². The predicted octanol–water partition coefficient (Wildman–Crippen LogP) is 4.45. The average Bonchev–Trinajstić information content (AvgIpc) is 3.01. The summed E-state index contributed by atoms with van der Waals surface area (Å²) >= 11 is 6.07. The third kappa shape index (κ3) is 5.14. The Bertz CT molecular complexity index is 1100. The maximum atomic E-state index is 12.9. The molecule has 174 valence electrons. The summed E-state index contributed by atoms with van der Waals surface area (Å²) < 4.78 is 1.90. The van der Waals surface area contributed by atoms with E-state index in [2.05, 4.69) is 27.7 Å². The van der Waals surface area contributed by atoms with Crippen LogP contribution in [0, 0.1) is 5.92 Å². The van der Waals surface area contributed by atoms with Crippen LogP contribution in [0.1, 0.15) is 44.1 Å². The molecule has 2 saturated heterocycles. The number of piperidine rings is 1. The highest BCUT2D eigenvalue weighted by Gasteiger charge is 2.24. The highest BCUT2D eigenvalue weighted by molar-refractivity contribution is 6.30. The molecule has 33 heavy (non-hydrogen) atoms. The number of anilines is 2. The van der Waals surface area contributed by atoms with E-state index in [0.29, 0.717) is 23.9 Å². The van der Waals surface area contributed by atoms with Crippen LogP contribution in [0.15, 0.2) is 36.4 Å². The largest absolute Gasteiger partial charge is 0.357 e. The third-order valence-corrected chi connectivity index (χ3v) is 6.92. The number of fused-ring (bicyclic) bond motifs is 1. The number of benzene rings is 1. The number of hydrogen-bond donors (Lipinski definition) is 2. The van der Waals surface area contributed by atoms with E-state index in [1.165, 1.54) is 25.7 Å².